The van der Waals surface area contributed by atoms with E-state index in [-0.39, 0.29) is 23.2 Å². The number of nitrogens with zero attached hydrogens (tertiary/aromatic N) is 3. The molecule has 0 aliphatic heterocycles. The van der Waals surface area contributed by atoms with Gasteiger partial charge >= 0.3 is 0 Å². The molecule has 162 valence electrons. The molecule has 0 unspecified atom stereocenters. The summed E-state index contributed by atoms with van der Waals surface area (Å²) in [6, 6.07) is 12.4. The number of aromatic nitrogens is 1. The maximum atomic E-state index is 13.3. The Labute approximate surface area is 191 Å². The third-order valence-electron chi connectivity index (χ3n) is 4.34. The minimum atomic E-state index is -3.30. The van der Waals surface area contributed by atoms with Crippen LogP contribution in [-0.4, -0.2) is 63.9 Å². The van der Waals surface area contributed by atoms with Crippen molar-refractivity contribution in [2.45, 2.75) is 9.79 Å². The second-order valence-electron chi connectivity index (χ2n) is 6.89. The van der Waals surface area contributed by atoms with Crippen molar-refractivity contribution in [1.29, 1.82) is 0 Å². The number of carbonyl (C=O) groups excluding carboxylic acids is 1. The lowest BCUT2D eigenvalue weighted by molar-refractivity contribution is 0.0985. The summed E-state index contributed by atoms with van der Waals surface area (Å²) in [6.07, 6.45) is 3.15. The van der Waals surface area contributed by atoms with Crippen molar-refractivity contribution in [2.75, 3.05) is 44.6 Å². The maximum absolute atomic E-state index is 13.3. The molecule has 1 amide bonds. The first kappa shape index (κ1) is 24.6. The number of sulfone groups is 1. The van der Waals surface area contributed by atoms with Gasteiger partial charge in [0.25, 0.3) is 5.91 Å². The SMILES string of the molecule is CSc1cccc(C(=O)N(CCN(C)C)c2nc3ccc(S(C)(=O)=O)cc3s2)c1.Cl. The molecule has 1 aromatic heterocycles. The van der Waals surface area contributed by atoms with Crippen molar-refractivity contribution >= 4 is 66.6 Å². The van der Waals surface area contributed by atoms with E-state index in [0.29, 0.717) is 29.3 Å². The van der Waals surface area contributed by atoms with Crippen LogP contribution in [0.5, 0.6) is 0 Å². The predicted molar refractivity (Wildman–Crippen MR) is 128 cm³/mol. The summed E-state index contributed by atoms with van der Waals surface area (Å²) in [5.74, 6) is -0.120. The average molecular weight is 486 g/mol. The molecular weight excluding hydrogens is 462 g/mol. The summed E-state index contributed by atoms with van der Waals surface area (Å²) in [5, 5.41) is 0.562. The number of halogens is 1. The fourth-order valence-corrected chi connectivity index (χ4v) is 4.95. The van der Waals surface area contributed by atoms with Gasteiger partial charge < -0.3 is 4.90 Å². The first-order chi connectivity index (χ1) is 13.7. The minimum absolute atomic E-state index is 0. The lowest BCUT2D eigenvalue weighted by Gasteiger charge is -2.22. The fourth-order valence-electron chi connectivity index (χ4n) is 2.73. The van der Waals surface area contributed by atoms with Gasteiger partial charge in [-0.2, -0.15) is 0 Å². The molecule has 0 aliphatic carbocycles. The Morgan fingerprint density at radius 3 is 2.50 bits per heavy atom. The Morgan fingerprint density at radius 2 is 1.87 bits per heavy atom. The van der Waals surface area contributed by atoms with Crippen LogP contribution >= 0.6 is 35.5 Å². The van der Waals surface area contributed by atoms with E-state index in [1.54, 1.807) is 40.9 Å². The van der Waals surface area contributed by atoms with E-state index in [1.165, 1.54) is 17.6 Å². The lowest BCUT2D eigenvalue weighted by atomic mass is 10.2. The molecule has 3 rings (SSSR count). The van der Waals surface area contributed by atoms with Gasteiger partial charge in [-0.15, -0.1) is 24.2 Å². The van der Waals surface area contributed by atoms with Gasteiger partial charge in [-0.1, -0.05) is 17.4 Å². The second kappa shape index (κ2) is 10.1. The molecule has 30 heavy (non-hydrogen) atoms. The first-order valence-electron chi connectivity index (χ1n) is 8.90. The Bertz CT molecular complexity index is 1150. The quantitative estimate of drug-likeness (QED) is 0.470. The highest BCUT2D eigenvalue weighted by Crippen LogP contribution is 2.31. The highest BCUT2D eigenvalue weighted by atomic mass is 35.5. The summed E-state index contributed by atoms with van der Waals surface area (Å²) < 4.78 is 24.5. The summed E-state index contributed by atoms with van der Waals surface area (Å²) in [4.78, 5) is 22.9. The molecule has 0 bridgehead atoms. The van der Waals surface area contributed by atoms with E-state index < -0.39 is 9.84 Å². The molecule has 6 nitrogen and oxygen atoms in total. The number of likely N-dealkylation sites (N-methyl/N-ethyl adjacent to an activating group) is 1. The standard InChI is InChI=1S/C20H23N3O3S3.ClH/c1-22(2)10-11-23(19(24)14-6-5-7-15(12-14)27-3)20-21-17-9-8-16(29(4,25)26)13-18(17)28-20;/h5-9,12-13H,10-11H2,1-4H3;1H. The van der Waals surface area contributed by atoms with Crippen LogP contribution in [0.15, 0.2) is 52.3 Å². The second-order valence-corrected chi connectivity index (χ2v) is 10.8. The summed E-state index contributed by atoms with van der Waals surface area (Å²) in [6.45, 7) is 1.16. The van der Waals surface area contributed by atoms with Gasteiger partial charge in [0, 0.05) is 29.8 Å². The molecule has 0 radical (unpaired) electrons. The summed E-state index contributed by atoms with van der Waals surface area (Å²) in [5.41, 5.74) is 1.28. The summed E-state index contributed by atoms with van der Waals surface area (Å²) in [7, 11) is 0.600. The number of thioether (sulfide) groups is 1. The van der Waals surface area contributed by atoms with Crippen LogP contribution in [0, 0.1) is 0 Å². The number of hydrogen-bond donors (Lipinski definition) is 0. The molecule has 0 N–H and O–H groups in total. The first-order valence-corrected chi connectivity index (χ1v) is 12.8. The van der Waals surface area contributed by atoms with Gasteiger partial charge in [0.1, 0.15) is 0 Å². The number of benzene rings is 2. The highest BCUT2D eigenvalue weighted by molar-refractivity contribution is 7.98. The molecule has 0 spiro atoms. The zero-order valence-corrected chi connectivity index (χ0v) is 20.4. The zero-order valence-electron chi connectivity index (χ0n) is 17.2. The van der Waals surface area contributed by atoms with Crippen molar-refractivity contribution in [3.8, 4) is 0 Å². The van der Waals surface area contributed by atoms with E-state index in [9.17, 15) is 13.2 Å². The monoisotopic (exact) mass is 485 g/mol. The van der Waals surface area contributed by atoms with Gasteiger partial charge in [-0.05, 0) is 56.7 Å². The number of rotatable bonds is 7. The van der Waals surface area contributed by atoms with Crippen molar-refractivity contribution in [2.24, 2.45) is 0 Å². The van der Waals surface area contributed by atoms with Gasteiger partial charge in [-0.25, -0.2) is 13.4 Å². The molecule has 0 atom stereocenters. The van der Waals surface area contributed by atoms with Crippen molar-refractivity contribution in [3.63, 3.8) is 0 Å². The number of amides is 1. The Hall–Kier alpha value is -1.65. The number of anilines is 1. The number of hydrogen-bond acceptors (Lipinski definition) is 7. The largest absolute Gasteiger partial charge is 0.308 e. The third-order valence-corrected chi connectivity index (χ3v) is 7.22. The Morgan fingerprint density at radius 1 is 1.13 bits per heavy atom. The smallest absolute Gasteiger partial charge is 0.260 e. The normalized spacial score (nSPS) is 11.5. The minimum Gasteiger partial charge on any atom is -0.308 e. The molecule has 2 aromatic carbocycles. The van der Waals surface area contributed by atoms with Gasteiger partial charge in [0.05, 0.1) is 15.1 Å². The van der Waals surface area contributed by atoms with Crippen LogP contribution in [0.2, 0.25) is 0 Å². The number of carbonyl (C=O) groups is 1. The van der Waals surface area contributed by atoms with Gasteiger partial charge in [0.15, 0.2) is 15.0 Å². The number of fused-ring (bicyclic) bond motifs is 1. The van der Waals surface area contributed by atoms with Crippen LogP contribution < -0.4 is 4.90 Å². The molecule has 0 aliphatic rings. The van der Waals surface area contributed by atoms with Crippen LogP contribution in [0.1, 0.15) is 10.4 Å². The van der Waals surface area contributed by atoms with E-state index in [0.717, 1.165) is 9.60 Å². The van der Waals surface area contributed by atoms with Crippen LogP contribution in [0.3, 0.4) is 0 Å². The lowest BCUT2D eigenvalue weighted by Crippen LogP contribution is -2.36. The van der Waals surface area contributed by atoms with Crippen LogP contribution in [0.4, 0.5) is 5.13 Å². The Balaban J connectivity index is 0.00000320. The van der Waals surface area contributed by atoms with Crippen molar-refractivity contribution in [3.05, 3.63) is 48.0 Å². The molecule has 0 saturated carbocycles. The van der Waals surface area contributed by atoms with E-state index in [2.05, 4.69) is 4.98 Å². The van der Waals surface area contributed by atoms with Crippen LogP contribution in [0.25, 0.3) is 10.2 Å². The molecule has 10 heteroatoms. The van der Waals surface area contributed by atoms with Gasteiger partial charge in [-0.3, -0.25) is 9.69 Å². The topological polar surface area (TPSA) is 70.6 Å². The Kier molecular flexibility index (Phi) is 8.29. The molecule has 0 fully saturated rings. The van der Waals surface area contributed by atoms with Gasteiger partial charge in [0.2, 0.25) is 0 Å². The zero-order chi connectivity index (χ0) is 21.2. The van der Waals surface area contributed by atoms with Crippen LogP contribution in [-0.2, 0) is 9.84 Å². The fraction of sp³-hybridized carbons (Fsp3) is 0.300. The third kappa shape index (κ3) is 5.73. The molecular formula is C20H24ClN3O3S3. The highest BCUT2D eigenvalue weighted by Gasteiger charge is 2.22. The molecule has 1 heterocycles. The van der Waals surface area contributed by atoms with E-state index >= 15 is 0 Å². The van der Waals surface area contributed by atoms with E-state index in [1.807, 2.05) is 43.5 Å². The molecule has 3 aromatic rings. The summed E-state index contributed by atoms with van der Waals surface area (Å²) >= 11 is 2.91. The van der Waals surface area contributed by atoms with E-state index in [4.69, 9.17) is 0 Å². The number of thiazole rings is 1. The van der Waals surface area contributed by atoms with Crippen molar-refractivity contribution < 1.29 is 13.2 Å². The van der Waals surface area contributed by atoms with Crippen molar-refractivity contribution in [1.82, 2.24) is 9.88 Å². The predicted octanol–water partition coefficient (Wildman–Crippen LogP) is 4.05. The maximum Gasteiger partial charge on any atom is 0.260 e. The molecule has 0 saturated heterocycles. The average Bonchev–Trinajstić information content (AvgIpc) is 3.10.